The number of benzene rings is 3. The monoisotopic (exact) mass is 447 g/mol. The van der Waals surface area contributed by atoms with Crippen LogP contribution in [0.5, 0.6) is 0 Å². The van der Waals surface area contributed by atoms with E-state index in [4.69, 9.17) is 4.52 Å². The van der Waals surface area contributed by atoms with E-state index >= 15 is 0 Å². The van der Waals surface area contributed by atoms with Crippen LogP contribution >= 0.6 is 0 Å². The number of fused-ring (bicyclic) bond motifs is 1. The molecule has 5 rings (SSSR count). The summed E-state index contributed by atoms with van der Waals surface area (Å²) in [6.07, 6.45) is -1.52. The molecule has 0 aliphatic carbocycles. The van der Waals surface area contributed by atoms with E-state index in [-0.39, 0.29) is 17.0 Å². The number of nitrogens with zero attached hydrogens (tertiary/aromatic N) is 3. The van der Waals surface area contributed by atoms with Crippen LogP contribution in [0, 0.1) is 0 Å². The molecule has 0 saturated heterocycles. The van der Waals surface area contributed by atoms with E-state index in [1.54, 1.807) is 36.4 Å². The van der Waals surface area contributed by atoms with Gasteiger partial charge >= 0.3 is 6.18 Å². The van der Waals surface area contributed by atoms with Gasteiger partial charge in [0.1, 0.15) is 0 Å². The lowest BCUT2D eigenvalue weighted by Gasteiger charge is -2.14. The summed E-state index contributed by atoms with van der Waals surface area (Å²) in [4.78, 5) is 4.43. The first-order valence-electron chi connectivity index (χ1n) is 10.6. The molecule has 5 aromatic rings. The third-order valence-corrected chi connectivity index (χ3v) is 5.60. The van der Waals surface area contributed by atoms with Gasteiger partial charge in [-0.1, -0.05) is 60.6 Å². The zero-order valence-corrected chi connectivity index (χ0v) is 17.8. The lowest BCUT2D eigenvalue weighted by atomic mass is 9.97. The maximum Gasteiger partial charge on any atom is 0.417 e. The van der Waals surface area contributed by atoms with Gasteiger partial charge in [-0.3, -0.25) is 0 Å². The standard InChI is InChI=1S/C26H20F3N3O/c1-2-14-32-15-13-20-21(9-6-10-23(20)32)24-30-25(33-31-24)18-11-12-19(17-7-4-3-5-8-17)22(16-18)26(27,28)29/h3-13,15-16H,2,14H2,1H3. The first-order valence-corrected chi connectivity index (χ1v) is 10.6. The van der Waals surface area contributed by atoms with Gasteiger partial charge in [0.05, 0.1) is 5.56 Å². The summed E-state index contributed by atoms with van der Waals surface area (Å²) in [5.41, 5.74) is 1.89. The van der Waals surface area contributed by atoms with Crippen LogP contribution in [-0.2, 0) is 12.7 Å². The first kappa shape index (κ1) is 21.0. The number of aryl methyl sites for hydroxylation is 1. The predicted octanol–water partition coefficient (Wildman–Crippen LogP) is 7.45. The van der Waals surface area contributed by atoms with E-state index in [2.05, 4.69) is 21.6 Å². The molecule has 7 heteroatoms. The van der Waals surface area contributed by atoms with Gasteiger partial charge in [0.25, 0.3) is 5.89 Å². The highest BCUT2D eigenvalue weighted by molar-refractivity contribution is 5.94. The third-order valence-electron chi connectivity index (χ3n) is 5.60. The molecule has 0 bridgehead atoms. The molecule has 0 radical (unpaired) electrons. The van der Waals surface area contributed by atoms with Crippen molar-refractivity contribution in [2.24, 2.45) is 0 Å². The van der Waals surface area contributed by atoms with Crippen molar-refractivity contribution in [3.8, 4) is 34.0 Å². The molecule has 3 aromatic carbocycles. The Morgan fingerprint density at radius 2 is 1.70 bits per heavy atom. The maximum atomic E-state index is 13.9. The van der Waals surface area contributed by atoms with E-state index in [0.717, 1.165) is 35.5 Å². The van der Waals surface area contributed by atoms with Crippen molar-refractivity contribution in [3.05, 3.63) is 84.6 Å². The molecule has 4 nitrogen and oxygen atoms in total. The van der Waals surface area contributed by atoms with Crippen molar-refractivity contribution in [2.45, 2.75) is 26.1 Å². The Morgan fingerprint density at radius 1 is 0.879 bits per heavy atom. The van der Waals surface area contributed by atoms with Crippen molar-refractivity contribution in [1.29, 1.82) is 0 Å². The van der Waals surface area contributed by atoms with Gasteiger partial charge in [-0.2, -0.15) is 18.2 Å². The molecule has 0 aliphatic rings. The number of alkyl halides is 3. The SMILES string of the molecule is CCCn1ccc2c(-c3noc(-c4ccc(-c5ccccc5)c(C(F)(F)F)c4)n3)cccc21. The fraction of sp³-hybridized carbons (Fsp3) is 0.154. The maximum absolute atomic E-state index is 13.9. The number of hydrogen-bond donors (Lipinski definition) is 0. The molecule has 0 spiro atoms. The molecule has 0 amide bonds. The fourth-order valence-electron chi connectivity index (χ4n) is 4.09. The molecular formula is C26H20F3N3O. The minimum Gasteiger partial charge on any atom is -0.347 e. The van der Waals surface area contributed by atoms with Crippen LogP contribution in [0.15, 0.2) is 83.5 Å². The Hall–Kier alpha value is -3.87. The summed E-state index contributed by atoms with van der Waals surface area (Å²) >= 11 is 0. The highest BCUT2D eigenvalue weighted by Gasteiger charge is 2.34. The number of halogens is 3. The molecule has 0 atom stereocenters. The van der Waals surface area contributed by atoms with Gasteiger partial charge in [-0.15, -0.1) is 0 Å². The zero-order chi connectivity index (χ0) is 23.0. The second-order valence-corrected chi connectivity index (χ2v) is 7.79. The lowest BCUT2D eigenvalue weighted by molar-refractivity contribution is -0.137. The van der Waals surface area contributed by atoms with Crippen LogP contribution in [-0.4, -0.2) is 14.7 Å². The molecule has 33 heavy (non-hydrogen) atoms. The summed E-state index contributed by atoms with van der Waals surface area (Å²) in [6.45, 7) is 3.00. The van der Waals surface area contributed by atoms with Crippen LogP contribution in [0.1, 0.15) is 18.9 Å². The molecule has 166 valence electrons. The largest absolute Gasteiger partial charge is 0.417 e. The van der Waals surface area contributed by atoms with Gasteiger partial charge in [-0.05, 0) is 41.8 Å². The van der Waals surface area contributed by atoms with E-state index in [1.807, 2.05) is 30.5 Å². The van der Waals surface area contributed by atoms with E-state index in [1.165, 1.54) is 6.07 Å². The van der Waals surface area contributed by atoms with Crippen LogP contribution < -0.4 is 0 Å². The van der Waals surface area contributed by atoms with Crippen molar-refractivity contribution < 1.29 is 17.7 Å². The van der Waals surface area contributed by atoms with Crippen LogP contribution in [0.2, 0.25) is 0 Å². The predicted molar refractivity (Wildman–Crippen MR) is 121 cm³/mol. The van der Waals surface area contributed by atoms with Gasteiger partial charge in [-0.25, -0.2) is 0 Å². The van der Waals surface area contributed by atoms with Gasteiger partial charge < -0.3 is 9.09 Å². The average Bonchev–Trinajstić information content (AvgIpc) is 3.47. The van der Waals surface area contributed by atoms with Gasteiger partial charge in [0.15, 0.2) is 0 Å². The van der Waals surface area contributed by atoms with Crippen LogP contribution in [0.3, 0.4) is 0 Å². The summed E-state index contributed by atoms with van der Waals surface area (Å²) < 4.78 is 49.1. The number of rotatable bonds is 5. The number of hydrogen-bond acceptors (Lipinski definition) is 3. The summed E-state index contributed by atoms with van der Waals surface area (Å²) in [5.74, 6) is 0.380. The van der Waals surface area contributed by atoms with Crippen molar-refractivity contribution in [3.63, 3.8) is 0 Å². The quantitative estimate of drug-likeness (QED) is 0.281. The van der Waals surface area contributed by atoms with E-state index in [0.29, 0.717) is 11.4 Å². The summed E-state index contributed by atoms with van der Waals surface area (Å²) in [7, 11) is 0. The van der Waals surface area contributed by atoms with E-state index < -0.39 is 11.7 Å². The third kappa shape index (κ3) is 3.91. The van der Waals surface area contributed by atoms with E-state index in [9.17, 15) is 13.2 Å². The Kier molecular flexibility index (Phi) is 5.24. The smallest absolute Gasteiger partial charge is 0.347 e. The molecule has 0 aliphatic heterocycles. The molecule has 2 heterocycles. The Bertz CT molecular complexity index is 1420. The minimum absolute atomic E-state index is 0.0418. The van der Waals surface area contributed by atoms with Crippen LogP contribution in [0.25, 0.3) is 44.9 Å². The molecule has 0 unspecified atom stereocenters. The van der Waals surface area contributed by atoms with Gasteiger partial charge in [0.2, 0.25) is 5.82 Å². The normalized spacial score (nSPS) is 11.9. The highest BCUT2D eigenvalue weighted by atomic mass is 19.4. The van der Waals surface area contributed by atoms with Crippen LogP contribution in [0.4, 0.5) is 13.2 Å². The Morgan fingerprint density at radius 3 is 2.45 bits per heavy atom. The summed E-state index contributed by atoms with van der Waals surface area (Å²) in [6, 6.07) is 20.4. The van der Waals surface area contributed by atoms with Crippen molar-refractivity contribution >= 4 is 10.9 Å². The summed E-state index contributed by atoms with van der Waals surface area (Å²) in [5, 5.41) is 5.03. The highest BCUT2D eigenvalue weighted by Crippen LogP contribution is 2.39. The average molecular weight is 447 g/mol. The zero-order valence-electron chi connectivity index (χ0n) is 17.8. The molecular weight excluding hydrogens is 427 g/mol. The molecule has 0 fully saturated rings. The molecule has 2 aromatic heterocycles. The van der Waals surface area contributed by atoms with Crippen molar-refractivity contribution in [2.75, 3.05) is 0 Å². The fourth-order valence-corrected chi connectivity index (χ4v) is 4.09. The minimum atomic E-state index is -4.53. The van der Waals surface area contributed by atoms with Gasteiger partial charge in [0, 0.05) is 34.8 Å². The van der Waals surface area contributed by atoms with Crippen molar-refractivity contribution in [1.82, 2.24) is 14.7 Å². The Balaban J connectivity index is 1.56. The first-order chi connectivity index (χ1) is 16.0. The second kappa shape index (κ2) is 8.24. The number of aromatic nitrogens is 3. The second-order valence-electron chi connectivity index (χ2n) is 7.79. The molecule has 0 saturated carbocycles. The molecule has 0 N–H and O–H groups in total. The topological polar surface area (TPSA) is 43.9 Å². The lowest BCUT2D eigenvalue weighted by Crippen LogP contribution is -2.07. The Labute approximate surface area is 188 Å².